The van der Waals surface area contributed by atoms with Crippen LogP contribution in [0.4, 0.5) is 4.39 Å². The maximum atomic E-state index is 13.7. The van der Waals surface area contributed by atoms with Crippen LogP contribution in [0.2, 0.25) is 0 Å². The highest BCUT2D eigenvalue weighted by atomic mass is 19.1. The van der Waals surface area contributed by atoms with Crippen molar-refractivity contribution in [1.29, 1.82) is 0 Å². The lowest BCUT2D eigenvalue weighted by Gasteiger charge is -2.38. The van der Waals surface area contributed by atoms with Crippen LogP contribution in [0, 0.1) is 12.7 Å². The first-order valence-electron chi connectivity index (χ1n) is 11.0. The number of halogens is 1. The van der Waals surface area contributed by atoms with Crippen LogP contribution < -0.4 is 9.47 Å². The van der Waals surface area contributed by atoms with Crippen molar-refractivity contribution in [2.75, 3.05) is 26.3 Å². The zero-order chi connectivity index (χ0) is 22.4. The van der Waals surface area contributed by atoms with Gasteiger partial charge in [0.05, 0.1) is 12.7 Å². The van der Waals surface area contributed by atoms with E-state index in [1.54, 1.807) is 18.2 Å². The summed E-state index contributed by atoms with van der Waals surface area (Å²) < 4.78 is 27.1. The van der Waals surface area contributed by atoms with Gasteiger partial charge in [0.15, 0.2) is 11.6 Å². The molecule has 0 bridgehead atoms. The molecule has 4 rings (SSSR count). The van der Waals surface area contributed by atoms with Crippen molar-refractivity contribution >= 4 is 0 Å². The maximum Gasteiger partial charge on any atom is 0.165 e. The molecule has 1 fully saturated rings. The molecule has 2 aromatic carbocycles. The van der Waals surface area contributed by atoms with E-state index < -0.39 is 11.4 Å². The molecule has 3 aromatic rings. The van der Waals surface area contributed by atoms with Crippen molar-refractivity contribution in [3.63, 3.8) is 0 Å². The minimum atomic E-state index is -0.936. The van der Waals surface area contributed by atoms with Gasteiger partial charge in [-0.3, -0.25) is 9.58 Å². The van der Waals surface area contributed by atoms with Gasteiger partial charge < -0.3 is 14.6 Å². The van der Waals surface area contributed by atoms with E-state index in [1.165, 1.54) is 11.6 Å². The lowest BCUT2D eigenvalue weighted by atomic mass is 9.92. The van der Waals surface area contributed by atoms with Gasteiger partial charge >= 0.3 is 0 Å². The van der Waals surface area contributed by atoms with E-state index in [0.717, 1.165) is 30.9 Å². The Morgan fingerprint density at radius 3 is 2.66 bits per heavy atom. The van der Waals surface area contributed by atoms with Crippen molar-refractivity contribution in [3.05, 3.63) is 77.9 Å². The van der Waals surface area contributed by atoms with E-state index in [1.807, 2.05) is 36.1 Å². The topological polar surface area (TPSA) is 59.8 Å². The maximum absolute atomic E-state index is 13.7. The highest BCUT2D eigenvalue weighted by molar-refractivity contribution is 5.28. The molecule has 1 aromatic heterocycles. The molecule has 1 saturated heterocycles. The molecule has 1 N–H and O–H groups in total. The average Bonchev–Trinajstić information content (AvgIpc) is 3.20. The SMILES string of the molecule is Cc1cnn(CCOc2cccc(CN3CCC(O)(COc4ccccc4F)CC3)c2)c1. The third-order valence-electron chi connectivity index (χ3n) is 5.78. The zero-order valence-corrected chi connectivity index (χ0v) is 18.4. The summed E-state index contributed by atoms with van der Waals surface area (Å²) in [7, 11) is 0. The van der Waals surface area contributed by atoms with Gasteiger partial charge in [-0.05, 0) is 55.2 Å². The predicted molar refractivity (Wildman–Crippen MR) is 120 cm³/mol. The molecule has 1 aliphatic heterocycles. The molecule has 0 radical (unpaired) electrons. The van der Waals surface area contributed by atoms with Crippen LogP contribution in [0.25, 0.3) is 0 Å². The first-order valence-corrected chi connectivity index (χ1v) is 11.0. The van der Waals surface area contributed by atoms with Gasteiger partial charge in [0.1, 0.15) is 24.6 Å². The Morgan fingerprint density at radius 1 is 1.09 bits per heavy atom. The van der Waals surface area contributed by atoms with Crippen LogP contribution >= 0.6 is 0 Å². The minimum absolute atomic E-state index is 0.0981. The predicted octanol–water partition coefficient (Wildman–Crippen LogP) is 3.82. The van der Waals surface area contributed by atoms with Gasteiger partial charge in [-0.15, -0.1) is 0 Å². The number of ether oxygens (including phenoxy) is 2. The van der Waals surface area contributed by atoms with Crippen molar-refractivity contribution in [1.82, 2.24) is 14.7 Å². The zero-order valence-electron chi connectivity index (χ0n) is 18.4. The summed E-state index contributed by atoms with van der Waals surface area (Å²) in [4.78, 5) is 2.31. The standard InChI is InChI=1S/C25H30FN3O3/c1-20-16-27-29(17-20)13-14-31-22-6-4-5-21(15-22)18-28-11-9-25(30,10-12-28)19-32-24-8-3-2-7-23(24)26/h2-8,15-17,30H,9-14,18-19H2,1H3. The Balaban J connectivity index is 1.23. The molecule has 170 valence electrons. The molecule has 0 unspecified atom stereocenters. The van der Waals surface area contributed by atoms with Crippen molar-refractivity contribution in [2.45, 2.75) is 38.5 Å². The first-order chi connectivity index (χ1) is 15.5. The van der Waals surface area contributed by atoms with Crippen LogP contribution in [-0.4, -0.2) is 51.7 Å². The monoisotopic (exact) mass is 439 g/mol. The molecule has 0 spiro atoms. The second kappa shape index (κ2) is 10.1. The number of benzene rings is 2. The Morgan fingerprint density at radius 2 is 1.91 bits per heavy atom. The van der Waals surface area contributed by atoms with Crippen LogP contribution in [0.5, 0.6) is 11.5 Å². The smallest absolute Gasteiger partial charge is 0.165 e. The van der Waals surface area contributed by atoms with Gasteiger partial charge in [-0.1, -0.05) is 24.3 Å². The van der Waals surface area contributed by atoms with Crippen LogP contribution in [0.15, 0.2) is 60.9 Å². The number of aliphatic hydroxyl groups is 1. The summed E-state index contributed by atoms with van der Waals surface area (Å²) in [5, 5.41) is 15.1. The highest BCUT2D eigenvalue weighted by Gasteiger charge is 2.33. The fourth-order valence-corrected chi connectivity index (χ4v) is 3.88. The highest BCUT2D eigenvalue weighted by Crippen LogP contribution is 2.26. The van der Waals surface area contributed by atoms with E-state index in [0.29, 0.717) is 26.0 Å². The Labute approximate surface area is 188 Å². The molecular formula is C25H30FN3O3. The van der Waals surface area contributed by atoms with Gasteiger partial charge in [0.2, 0.25) is 0 Å². The van der Waals surface area contributed by atoms with Crippen molar-refractivity contribution < 1.29 is 19.0 Å². The van der Waals surface area contributed by atoms with E-state index in [-0.39, 0.29) is 12.4 Å². The number of hydrogen-bond donors (Lipinski definition) is 1. The largest absolute Gasteiger partial charge is 0.492 e. The van der Waals surface area contributed by atoms with E-state index in [2.05, 4.69) is 22.1 Å². The number of aromatic nitrogens is 2. The Hall–Kier alpha value is -2.90. The second-order valence-corrected chi connectivity index (χ2v) is 8.50. The molecule has 0 aliphatic carbocycles. The fourth-order valence-electron chi connectivity index (χ4n) is 3.88. The number of nitrogens with zero attached hydrogens (tertiary/aromatic N) is 3. The fraction of sp³-hybridized carbons (Fsp3) is 0.400. The summed E-state index contributed by atoms with van der Waals surface area (Å²) in [5.41, 5.74) is 1.37. The number of aryl methyl sites for hydroxylation is 1. The van der Waals surface area contributed by atoms with Crippen molar-refractivity contribution in [3.8, 4) is 11.5 Å². The number of piperidine rings is 1. The van der Waals surface area contributed by atoms with Crippen LogP contribution in [-0.2, 0) is 13.1 Å². The van der Waals surface area contributed by atoms with Crippen LogP contribution in [0.3, 0.4) is 0 Å². The molecule has 7 heteroatoms. The third-order valence-corrected chi connectivity index (χ3v) is 5.78. The van der Waals surface area contributed by atoms with E-state index in [4.69, 9.17) is 9.47 Å². The summed E-state index contributed by atoms with van der Waals surface area (Å²) in [6.45, 7) is 5.68. The second-order valence-electron chi connectivity index (χ2n) is 8.50. The summed E-state index contributed by atoms with van der Waals surface area (Å²) in [5.74, 6) is 0.622. The molecule has 32 heavy (non-hydrogen) atoms. The number of rotatable bonds is 9. The number of para-hydroxylation sites is 1. The molecule has 1 aliphatic rings. The quantitative estimate of drug-likeness (QED) is 0.549. The van der Waals surface area contributed by atoms with Gasteiger partial charge in [-0.25, -0.2) is 4.39 Å². The van der Waals surface area contributed by atoms with E-state index in [9.17, 15) is 9.50 Å². The molecule has 2 heterocycles. The molecular weight excluding hydrogens is 409 g/mol. The molecule has 0 amide bonds. The van der Waals surface area contributed by atoms with Crippen LogP contribution in [0.1, 0.15) is 24.0 Å². The summed E-state index contributed by atoms with van der Waals surface area (Å²) in [6, 6.07) is 14.4. The molecule has 0 saturated carbocycles. The number of likely N-dealkylation sites (tertiary alicyclic amines) is 1. The summed E-state index contributed by atoms with van der Waals surface area (Å²) >= 11 is 0. The van der Waals surface area contributed by atoms with Crippen molar-refractivity contribution in [2.24, 2.45) is 0 Å². The summed E-state index contributed by atoms with van der Waals surface area (Å²) in [6.07, 6.45) is 5.01. The van der Waals surface area contributed by atoms with Gasteiger partial charge in [0, 0.05) is 25.8 Å². The van der Waals surface area contributed by atoms with Gasteiger partial charge in [0.25, 0.3) is 0 Å². The third kappa shape index (κ3) is 6.08. The normalized spacial score (nSPS) is 16.1. The van der Waals surface area contributed by atoms with E-state index >= 15 is 0 Å². The lowest BCUT2D eigenvalue weighted by molar-refractivity contribution is -0.0543. The molecule has 6 nitrogen and oxygen atoms in total. The lowest BCUT2D eigenvalue weighted by Crippen LogP contribution is -2.47. The minimum Gasteiger partial charge on any atom is -0.492 e. The molecule has 0 atom stereocenters. The Kier molecular flexibility index (Phi) is 7.07. The van der Waals surface area contributed by atoms with Gasteiger partial charge in [-0.2, -0.15) is 5.10 Å². The average molecular weight is 440 g/mol. The number of hydrogen-bond acceptors (Lipinski definition) is 5. The first kappa shape index (κ1) is 22.3. The Bertz CT molecular complexity index is 1010.